The zero-order chi connectivity index (χ0) is 33.0. The molecule has 6 rings (SSSR count). The number of amides is 3. The highest BCUT2D eigenvalue weighted by atomic mass is 28.4. The van der Waals surface area contributed by atoms with Gasteiger partial charge in [0.2, 0.25) is 20.2 Å². The third kappa shape index (κ3) is 5.41. The van der Waals surface area contributed by atoms with E-state index in [9.17, 15) is 29.6 Å². The Morgan fingerprint density at radius 1 is 1.15 bits per heavy atom. The Morgan fingerprint density at radius 3 is 2.63 bits per heavy atom. The van der Waals surface area contributed by atoms with E-state index in [1.807, 2.05) is 24.3 Å². The topological polar surface area (TPSA) is 134 Å². The lowest BCUT2D eigenvalue weighted by atomic mass is 9.82. The quantitative estimate of drug-likeness (QED) is 0.187. The Labute approximate surface area is 268 Å². The lowest BCUT2D eigenvalue weighted by Gasteiger charge is -2.31. The van der Waals surface area contributed by atoms with Crippen LogP contribution in [0.4, 0.5) is 21.2 Å². The summed E-state index contributed by atoms with van der Waals surface area (Å²) in [7, 11) is -3.58. The number of non-ortho nitro benzene ring substituents is 1. The summed E-state index contributed by atoms with van der Waals surface area (Å²) in [5.41, 5.74) is -0.468. The average molecular weight is 653 g/mol. The third-order valence-electron chi connectivity index (χ3n) is 10.3. The van der Waals surface area contributed by atoms with Crippen molar-refractivity contribution in [2.75, 3.05) is 29.5 Å². The third-order valence-corrected chi connectivity index (χ3v) is 12.8. The molecule has 0 unspecified atom stereocenters. The number of halogens is 1. The van der Waals surface area contributed by atoms with Crippen LogP contribution in [0.2, 0.25) is 18.6 Å². The first kappa shape index (κ1) is 32.3. The van der Waals surface area contributed by atoms with Crippen molar-refractivity contribution in [2.24, 2.45) is 5.92 Å². The fourth-order valence-corrected chi connectivity index (χ4v) is 10.7. The molecule has 1 N–H and O–H groups in total. The zero-order valence-corrected chi connectivity index (χ0v) is 27.5. The van der Waals surface area contributed by atoms with Crippen molar-refractivity contribution < 1.29 is 33.3 Å². The van der Waals surface area contributed by atoms with Gasteiger partial charge in [-0.15, -0.1) is 0 Å². The van der Waals surface area contributed by atoms with Crippen molar-refractivity contribution in [3.05, 3.63) is 63.7 Å². The molecule has 4 aliphatic heterocycles. The van der Waals surface area contributed by atoms with Crippen molar-refractivity contribution in [3.8, 4) is 0 Å². The van der Waals surface area contributed by atoms with Crippen molar-refractivity contribution in [1.29, 1.82) is 0 Å². The van der Waals surface area contributed by atoms with Crippen LogP contribution in [0.15, 0.2) is 42.5 Å². The average Bonchev–Trinajstić information content (AvgIpc) is 3.68. The molecule has 0 aromatic heterocycles. The van der Waals surface area contributed by atoms with E-state index in [1.165, 1.54) is 23.1 Å². The summed E-state index contributed by atoms with van der Waals surface area (Å²) in [5, 5.41) is 21.7. The van der Waals surface area contributed by atoms with E-state index >= 15 is 4.11 Å². The zero-order valence-electron chi connectivity index (χ0n) is 26.5. The van der Waals surface area contributed by atoms with Crippen LogP contribution >= 0.6 is 0 Å². The van der Waals surface area contributed by atoms with Crippen LogP contribution in [0.5, 0.6) is 0 Å². The number of anilines is 2. The van der Waals surface area contributed by atoms with Gasteiger partial charge < -0.3 is 28.7 Å². The van der Waals surface area contributed by atoms with Gasteiger partial charge in [0.25, 0.3) is 11.6 Å². The molecule has 246 valence electrons. The number of hydrogen-bond acceptors (Lipinski definition) is 7. The SMILES string of the molecule is C[C@@H]1[C@@H]([Si](C)(C)F)[C@H](CC(=O)N2CCC[C@H]2CO)O[C@@]12C(=O)N(Cc1cccc(N3CCCCC3=O)c1)c1ccc([N+](=O)[O-])cc12. The molecular formula is C33H41FN4O7Si. The van der Waals surface area contributed by atoms with Crippen LogP contribution in [-0.2, 0) is 31.3 Å². The van der Waals surface area contributed by atoms with Gasteiger partial charge in [-0.3, -0.25) is 24.5 Å². The minimum Gasteiger partial charge on any atom is -0.394 e. The normalized spacial score (nSPS) is 28.0. The van der Waals surface area contributed by atoms with Gasteiger partial charge in [0.05, 0.1) is 42.3 Å². The highest BCUT2D eigenvalue weighted by Crippen LogP contribution is 2.60. The van der Waals surface area contributed by atoms with Crippen LogP contribution < -0.4 is 9.80 Å². The highest BCUT2D eigenvalue weighted by molar-refractivity contribution is 6.72. The molecule has 4 heterocycles. The monoisotopic (exact) mass is 652 g/mol. The van der Waals surface area contributed by atoms with Crippen LogP contribution in [0.1, 0.15) is 56.6 Å². The molecule has 4 aliphatic rings. The molecule has 13 heteroatoms. The van der Waals surface area contributed by atoms with Crippen molar-refractivity contribution in [2.45, 2.75) is 88.4 Å². The minimum absolute atomic E-state index is 0.0503. The first-order valence-electron chi connectivity index (χ1n) is 16.1. The number of aliphatic hydroxyl groups is 1. The number of carbonyl (C=O) groups excluding carboxylic acids is 3. The number of carbonyl (C=O) groups is 3. The molecule has 0 bridgehead atoms. The second kappa shape index (κ2) is 12.2. The van der Waals surface area contributed by atoms with Crippen molar-refractivity contribution >= 4 is 43.2 Å². The summed E-state index contributed by atoms with van der Waals surface area (Å²) in [5.74, 6) is -1.39. The highest BCUT2D eigenvalue weighted by Gasteiger charge is 2.67. The van der Waals surface area contributed by atoms with Crippen LogP contribution in [0, 0.1) is 16.0 Å². The predicted octanol–water partition coefficient (Wildman–Crippen LogP) is 4.81. The Kier molecular flexibility index (Phi) is 8.53. The first-order chi connectivity index (χ1) is 21.9. The van der Waals surface area contributed by atoms with Gasteiger partial charge in [0.1, 0.15) is 0 Å². The number of aliphatic hydroxyl groups excluding tert-OH is 1. The molecule has 2 aromatic carbocycles. The second-order valence-corrected chi connectivity index (χ2v) is 17.4. The number of benzene rings is 2. The Hall–Kier alpha value is -3.68. The fourth-order valence-electron chi connectivity index (χ4n) is 8.23. The molecule has 0 saturated carbocycles. The van der Waals surface area contributed by atoms with Gasteiger partial charge in [0.15, 0.2) is 5.60 Å². The number of fused-ring (bicyclic) bond motifs is 2. The summed E-state index contributed by atoms with van der Waals surface area (Å²) in [4.78, 5) is 57.1. The number of hydrogen-bond donors (Lipinski definition) is 1. The van der Waals surface area contributed by atoms with E-state index in [2.05, 4.69) is 0 Å². The van der Waals surface area contributed by atoms with Crippen LogP contribution in [0.25, 0.3) is 0 Å². The van der Waals surface area contributed by atoms with E-state index in [0.29, 0.717) is 37.2 Å². The fraction of sp³-hybridized carbons (Fsp3) is 0.545. The van der Waals surface area contributed by atoms with Gasteiger partial charge >= 0.3 is 0 Å². The van der Waals surface area contributed by atoms with Crippen LogP contribution in [-0.4, -0.2) is 72.9 Å². The number of likely N-dealkylation sites (tertiary alicyclic amines) is 1. The number of nitro groups is 1. The maximum absolute atomic E-state index is 16.2. The molecule has 1 spiro atoms. The van der Waals surface area contributed by atoms with Crippen molar-refractivity contribution in [1.82, 2.24) is 4.90 Å². The first-order valence-corrected chi connectivity index (χ1v) is 19.1. The van der Waals surface area contributed by atoms with E-state index in [0.717, 1.165) is 30.5 Å². The van der Waals surface area contributed by atoms with Crippen LogP contribution in [0.3, 0.4) is 0 Å². The number of rotatable bonds is 8. The molecule has 3 saturated heterocycles. The maximum Gasteiger partial charge on any atom is 0.269 e. The van der Waals surface area contributed by atoms with Crippen molar-refractivity contribution in [3.63, 3.8) is 0 Å². The summed E-state index contributed by atoms with van der Waals surface area (Å²) in [6.45, 7) is 5.88. The van der Waals surface area contributed by atoms with E-state index in [1.54, 1.807) is 29.8 Å². The smallest absolute Gasteiger partial charge is 0.269 e. The summed E-state index contributed by atoms with van der Waals surface area (Å²) >= 11 is 0. The standard InChI is InChI=1S/C33H41FN4O7Si/c1-21-31(46(2,3)34)28(18-30(41)36-15-7-10-25(36)20-39)45-33(21)26-17-24(38(43)44)12-13-27(26)37(32(33)42)19-22-8-6-9-23(16-22)35-14-5-4-11-29(35)40/h6,8-9,12-13,16-17,21,25,28,31,39H,4-5,7,10-11,14-15,18-20H2,1-3H3/t21-,25+,28+,31-,33+/m1/s1. The lowest BCUT2D eigenvalue weighted by molar-refractivity contribution is -0.385. The summed E-state index contributed by atoms with van der Waals surface area (Å²) in [6.07, 6.45) is 2.59. The van der Waals surface area contributed by atoms with Gasteiger partial charge in [-0.25, -0.2) is 0 Å². The molecule has 2 aromatic rings. The van der Waals surface area contributed by atoms with E-state index < -0.39 is 42.4 Å². The number of ether oxygens (including phenoxy) is 1. The number of piperidine rings is 1. The van der Waals surface area contributed by atoms with Gasteiger partial charge in [-0.2, -0.15) is 0 Å². The molecule has 3 amide bonds. The Bertz CT molecular complexity index is 1570. The molecule has 3 fully saturated rings. The van der Waals surface area contributed by atoms with Gasteiger partial charge in [0, 0.05) is 54.4 Å². The predicted molar refractivity (Wildman–Crippen MR) is 171 cm³/mol. The second-order valence-electron chi connectivity index (χ2n) is 13.6. The van der Waals surface area contributed by atoms with E-state index in [4.69, 9.17) is 4.74 Å². The lowest BCUT2D eigenvalue weighted by Crippen LogP contribution is -2.45. The van der Waals surface area contributed by atoms with Gasteiger partial charge in [-0.1, -0.05) is 19.1 Å². The molecule has 46 heavy (non-hydrogen) atoms. The summed E-state index contributed by atoms with van der Waals surface area (Å²) in [6, 6.07) is 11.4. The molecule has 5 atom stereocenters. The Balaban J connectivity index is 1.38. The number of nitrogens with zero attached hydrogens (tertiary/aromatic N) is 4. The molecular weight excluding hydrogens is 611 g/mol. The molecule has 0 aliphatic carbocycles. The van der Waals surface area contributed by atoms with Gasteiger partial charge in [-0.05, 0) is 62.5 Å². The molecule has 11 nitrogen and oxygen atoms in total. The largest absolute Gasteiger partial charge is 0.394 e. The Morgan fingerprint density at radius 2 is 1.93 bits per heavy atom. The summed E-state index contributed by atoms with van der Waals surface area (Å²) < 4.78 is 22.9. The molecule has 0 radical (unpaired) electrons. The maximum atomic E-state index is 16.2. The minimum atomic E-state index is -3.58. The van der Waals surface area contributed by atoms with E-state index in [-0.39, 0.29) is 43.1 Å². The number of nitro benzene ring substituents is 1.